The maximum Gasteiger partial charge on any atom is 0.412 e. The van der Waals surface area contributed by atoms with Crippen molar-refractivity contribution in [2.45, 2.75) is 31.4 Å². The zero-order valence-electron chi connectivity index (χ0n) is 19.2. The lowest BCUT2D eigenvalue weighted by Crippen LogP contribution is -2.43. The first-order valence-corrected chi connectivity index (χ1v) is 11.4. The van der Waals surface area contributed by atoms with E-state index in [1.807, 2.05) is 24.3 Å². The van der Waals surface area contributed by atoms with Gasteiger partial charge in [-0.05, 0) is 35.9 Å². The van der Waals surface area contributed by atoms with Crippen molar-refractivity contribution in [1.82, 2.24) is 9.88 Å². The van der Waals surface area contributed by atoms with Crippen molar-refractivity contribution in [2.24, 2.45) is 0 Å². The van der Waals surface area contributed by atoms with Gasteiger partial charge in [-0.3, -0.25) is 10.1 Å². The Hall–Kier alpha value is -3.27. The van der Waals surface area contributed by atoms with Gasteiger partial charge in [0, 0.05) is 25.1 Å². The van der Waals surface area contributed by atoms with Crippen LogP contribution in [-0.2, 0) is 16.0 Å². The Morgan fingerprint density at radius 1 is 1.20 bits per heavy atom. The minimum Gasteiger partial charge on any atom is -0.447 e. The molecule has 10 heteroatoms. The summed E-state index contributed by atoms with van der Waals surface area (Å²) < 4.78 is 18.9. The number of hydrogen-bond acceptors (Lipinski definition) is 6. The first-order chi connectivity index (χ1) is 16.8. The highest BCUT2D eigenvalue weighted by Gasteiger charge is 2.24. The van der Waals surface area contributed by atoms with Crippen molar-refractivity contribution in [3.8, 4) is 0 Å². The van der Waals surface area contributed by atoms with Crippen molar-refractivity contribution in [3.63, 3.8) is 0 Å². The second-order valence-electron chi connectivity index (χ2n) is 8.08. The molecule has 0 bridgehead atoms. The van der Waals surface area contributed by atoms with E-state index in [4.69, 9.17) is 16.3 Å². The number of hydrogen-bond donors (Lipinski definition) is 3. The molecule has 3 rings (SSSR count). The molecule has 0 saturated carbocycles. The van der Waals surface area contributed by atoms with Crippen LogP contribution in [0.15, 0.2) is 54.7 Å². The molecule has 8 nitrogen and oxygen atoms in total. The van der Waals surface area contributed by atoms with Gasteiger partial charge >= 0.3 is 6.09 Å². The van der Waals surface area contributed by atoms with E-state index in [1.165, 1.54) is 24.1 Å². The molecule has 2 atom stereocenters. The molecule has 186 valence electrons. The van der Waals surface area contributed by atoms with Gasteiger partial charge in [0.25, 0.3) is 0 Å². The van der Waals surface area contributed by atoms with E-state index in [0.29, 0.717) is 11.4 Å². The van der Waals surface area contributed by atoms with Gasteiger partial charge in [0.2, 0.25) is 5.91 Å². The number of ether oxygens (including phenoxy) is 1. The van der Waals surface area contributed by atoms with Gasteiger partial charge in [0.1, 0.15) is 18.2 Å². The van der Waals surface area contributed by atoms with Crippen molar-refractivity contribution in [3.05, 3.63) is 71.1 Å². The second-order valence-corrected chi connectivity index (χ2v) is 8.46. The summed E-state index contributed by atoms with van der Waals surface area (Å²) in [5, 5.41) is 23.5. The van der Waals surface area contributed by atoms with Gasteiger partial charge in [0.05, 0.1) is 23.8 Å². The lowest BCUT2D eigenvalue weighted by Gasteiger charge is -2.29. The molecule has 0 radical (unpaired) electrons. The number of aromatic nitrogens is 1. The third-order valence-corrected chi connectivity index (χ3v) is 6.03. The lowest BCUT2D eigenvalue weighted by atomic mass is 10.1. The maximum atomic E-state index is 13.6. The van der Waals surface area contributed by atoms with Gasteiger partial charge in [-0.15, -0.1) is 0 Å². The summed E-state index contributed by atoms with van der Waals surface area (Å²) in [5.74, 6) is -0.577. The average Bonchev–Trinajstić information content (AvgIpc) is 2.86. The molecule has 0 saturated heterocycles. The number of nitrogens with one attached hydrogen (secondary N) is 1. The van der Waals surface area contributed by atoms with Gasteiger partial charge in [-0.2, -0.15) is 0 Å². The summed E-state index contributed by atoms with van der Waals surface area (Å²) in [4.78, 5) is 30.6. The standard InChI is InChI=1S/C25H27ClFN3O5/c1-30(23(33)10-9-16-7-4-8-21(27)24(16)26)19(12-20(32)14-31)15-35-25(34)29-22-11-17-5-2-3-6-18(17)13-28-22/h2-8,11,13,19-20,31-32H,9-10,12,14-15H2,1H3,(H,28,29,34)/t19-,20+/m0/s1. The molecule has 1 aromatic heterocycles. The third-order valence-electron chi connectivity index (χ3n) is 5.60. The predicted molar refractivity (Wildman–Crippen MR) is 131 cm³/mol. The van der Waals surface area contributed by atoms with Gasteiger partial charge in [-0.1, -0.05) is 48.0 Å². The summed E-state index contributed by atoms with van der Waals surface area (Å²) in [6.45, 7) is -0.732. The fourth-order valence-corrected chi connectivity index (χ4v) is 3.77. The third kappa shape index (κ3) is 7.35. The highest BCUT2D eigenvalue weighted by molar-refractivity contribution is 6.31. The minimum absolute atomic E-state index is 0.0129. The number of carbonyl (C=O) groups excluding carboxylic acids is 2. The Kier molecular flexibility index (Phi) is 9.36. The Labute approximate surface area is 207 Å². The molecule has 0 aliphatic carbocycles. The molecule has 2 aromatic carbocycles. The van der Waals surface area contributed by atoms with Crippen molar-refractivity contribution >= 4 is 40.2 Å². The molecule has 2 amide bonds. The first-order valence-electron chi connectivity index (χ1n) is 11.0. The number of benzene rings is 2. The van der Waals surface area contributed by atoms with Gasteiger partial charge < -0.3 is 19.8 Å². The van der Waals surface area contributed by atoms with E-state index in [1.54, 1.807) is 18.3 Å². The zero-order chi connectivity index (χ0) is 25.4. The Balaban J connectivity index is 1.59. The van der Waals surface area contributed by atoms with Crippen molar-refractivity contribution in [2.75, 3.05) is 25.6 Å². The number of amides is 2. The van der Waals surface area contributed by atoms with E-state index in [2.05, 4.69) is 10.3 Å². The SMILES string of the molecule is CN(C(=O)CCc1cccc(F)c1Cl)[C@H](COC(=O)Nc1cc2ccccc2cn1)C[C@@H](O)CO. The van der Waals surface area contributed by atoms with E-state index in [9.17, 15) is 24.2 Å². The van der Waals surface area contributed by atoms with E-state index in [-0.39, 0.29) is 36.8 Å². The van der Waals surface area contributed by atoms with Gasteiger partial charge in [0.15, 0.2) is 0 Å². The molecule has 3 aromatic rings. The smallest absolute Gasteiger partial charge is 0.412 e. The van der Waals surface area contributed by atoms with Crippen LogP contribution in [0.2, 0.25) is 5.02 Å². The van der Waals surface area contributed by atoms with E-state index in [0.717, 1.165) is 10.8 Å². The monoisotopic (exact) mass is 503 g/mol. The van der Waals surface area contributed by atoms with Crippen LogP contribution >= 0.6 is 11.6 Å². The predicted octanol–water partition coefficient (Wildman–Crippen LogP) is 3.78. The van der Waals surface area contributed by atoms with E-state index >= 15 is 0 Å². The zero-order valence-corrected chi connectivity index (χ0v) is 19.9. The summed E-state index contributed by atoms with van der Waals surface area (Å²) >= 11 is 5.96. The molecule has 0 unspecified atom stereocenters. The highest BCUT2D eigenvalue weighted by Crippen LogP contribution is 2.22. The normalized spacial score (nSPS) is 12.7. The van der Waals surface area contributed by atoms with Crippen LogP contribution < -0.4 is 5.32 Å². The number of halogens is 2. The molecule has 0 aliphatic heterocycles. The van der Waals surface area contributed by atoms with Crippen LogP contribution in [0.5, 0.6) is 0 Å². The lowest BCUT2D eigenvalue weighted by molar-refractivity contribution is -0.133. The van der Waals surface area contributed by atoms with Crippen LogP contribution in [0, 0.1) is 5.82 Å². The molecular weight excluding hydrogens is 477 g/mol. The largest absolute Gasteiger partial charge is 0.447 e. The summed E-state index contributed by atoms with van der Waals surface area (Å²) in [6, 6.07) is 12.9. The van der Waals surface area contributed by atoms with Crippen LogP contribution in [0.25, 0.3) is 10.8 Å². The molecular formula is C25H27ClFN3O5. The maximum absolute atomic E-state index is 13.6. The number of aliphatic hydroxyl groups excluding tert-OH is 2. The highest BCUT2D eigenvalue weighted by atomic mass is 35.5. The molecule has 1 heterocycles. The number of rotatable bonds is 10. The number of anilines is 1. The number of likely N-dealkylation sites (N-methyl/N-ethyl adjacent to an activating group) is 1. The number of fused-ring (bicyclic) bond motifs is 1. The molecule has 3 N–H and O–H groups in total. The minimum atomic E-state index is -1.11. The number of carbonyl (C=O) groups is 2. The van der Waals surface area contributed by atoms with Crippen molar-refractivity contribution in [1.29, 1.82) is 0 Å². The number of nitrogens with zero attached hydrogens (tertiary/aromatic N) is 2. The Morgan fingerprint density at radius 3 is 2.69 bits per heavy atom. The van der Waals surface area contributed by atoms with Crippen LogP contribution in [0.1, 0.15) is 18.4 Å². The van der Waals surface area contributed by atoms with Crippen LogP contribution in [-0.4, -0.2) is 64.5 Å². The fourth-order valence-electron chi connectivity index (χ4n) is 3.55. The second kappa shape index (κ2) is 12.4. The Bertz CT molecular complexity index is 1180. The van der Waals surface area contributed by atoms with Crippen LogP contribution in [0.3, 0.4) is 0 Å². The number of pyridine rings is 1. The quantitative estimate of drug-likeness (QED) is 0.388. The first kappa shape index (κ1) is 26.3. The number of aryl methyl sites for hydroxylation is 1. The summed E-state index contributed by atoms with van der Waals surface area (Å²) in [5.41, 5.74) is 0.499. The topological polar surface area (TPSA) is 112 Å². The Morgan fingerprint density at radius 2 is 1.94 bits per heavy atom. The van der Waals surface area contributed by atoms with E-state index < -0.39 is 30.7 Å². The number of aliphatic hydroxyl groups is 2. The average molecular weight is 504 g/mol. The summed E-state index contributed by atoms with van der Waals surface area (Å²) in [6.07, 6.45) is -0.0305. The summed E-state index contributed by atoms with van der Waals surface area (Å²) in [7, 11) is 1.51. The fraction of sp³-hybridized carbons (Fsp3) is 0.320. The molecule has 0 fully saturated rings. The van der Waals surface area contributed by atoms with Crippen LogP contribution in [0.4, 0.5) is 15.0 Å². The van der Waals surface area contributed by atoms with Gasteiger partial charge in [-0.25, -0.2) is 14.2 Å². The molecule has 35 heavy (non-hydrogen) atoms. The van der Waals surface area contributed by atoms with Crippen molar-refractivity contribution < 1.29 is 28.9 Å². The molecule has 0 aliphatic rings. The molecule has 0 spiro atoms.